The molecule has 2 aromatic heterocycles. The number of aromatic amines is 1. The normalized spacial score (nSPS) is 15.3. The Bertz CT molecular complexity index is 1770. The number of unbranched alkanes of at least 4 members (excludes halogenated alkanes) is 1. The molecule has 5 rings (SSSR count). The van der Waals surface area contributed by atoms with Crippen LogP contribution in [0, 0.1) is 13.8 Å². The van der Waals surface area contributed by atoms with E-state index in [9.17, 15) is 13.2 Å². The van der Waals surface area contributed by atoms with Crippen molar-refractivity contribution in [2.75, 3.05) is 45.0 Å². The van der Waals surface area contributed by atoms with Gasteiger partial charge in [-0.1, -0.05) is 30.2 Å². The smallest absolute Gasteiger partial charge is 0.232 e. The fourth-order valence-corrected chi connectivity index (χ4v) is 7.96. The minimum Gasteiger partial charge on any atom is -0.354 e. The molecular weight excluding hydrogens is 607 g/mol. The predicted octanol–water partition coefficient (Wildman–Crippen LogP) is 6.33. The number of nitrogens with one attached hydrogen (secondary N) is 2. The Morgan fingerprint density at radius 2 is 1.66 bits per heavy atom. The summed E-state index contributed by atoms with van der Waals surface area (Å²) < 4.78 is 26.3. The maximum Gasteiger partial charge on any atom is 0.232 e. The van der Waals surface area contributed by atoms with Gasteiger partial charge in [-0.15, -0.1) is 0 Å². The number of piperazine rings is 1. The molecule has 0 aliphatic carbocycles. The molecule has 0 bridgehead atoms. The Hall–Kier alpha value is -3.53. The first-order valence-corrected chi connectivity index (χ1v) is 18.6. The second kappa shape index (κ2) is 14.7. The van der Waals surface area contributed by atoms with Crippen molar-refractivity contribution in [3.05, 3.63) is 88.7 Å². The number of H-pyrrole nitrogens is 1. The summed E-state index contributed by atoms with van der Waals surface area (Å²) in [5, 5.41) is 4.86. The van der Waals surface area contributed by atoms with Gasteiger partial charge in [-0.3, -0.25) is 9.78 Å². The minimum absolute atomic E-state index is 0.0264. The second-order valence-electron chi connectivity index (χ2n) is 13.7. The SMILES string of the molecule is CCS(=O)(=O)N1CCN(C(=O)C(C)(C)c2ccc3[nH]c(-c4cc(C)cc(C)c4)c([C@H](C)CNCCCCc4ccncc4)c3c2)CC1. The molecule has 1 fully saturated rings. The monoisotopic (exact) mass is 657 g/mol. The molecule has 1 saturated heterocycles. The average Bonchev–Trinajstić information content (AvgIpc) is 3.45. The third kappa shape index (κ3) is 7.96. The van der Waals surface area contributed by atoms with E-state index >= 15 is 0 Å². The number of benzene rings is 2. The molecule has 9 heteroatoms. The molecule has 47 heavy (non-hydrogen) atoms. The van der Waals surface area contributed by atoms with Crippen molar-refractivity contribution in [2.24, 2.45) is 0 Å². The van der Waals surface area contributed by atoms with E-state index in [4.69, 9.17) is 0 Å². The zero-order valence-corrected chi connectivity index (χ0v) is 29.7. The summed E-state index contributed by atoms with van der Waals surface area (Å²) in [5.74, 6) is 0.330. The van der Waals surface area contributed by atoms with Crippen LogP contribution in [-0.2, 0) is 26.7 Å². The number of nitrogens with zero attached hydrogens (tertiary/aromatic N) is 3. The maximum absolute atomic E-state index is 14.0. The summed E-state index contributed by atoms with van der Waals surface area (Å²) in [4.78, 5) is 23.6. The van der Waals surface area contributed by atoms with Gasteiger partial charge in [0.1, 0.15) is 0 Å². The molecule has 2 aromatic carbocycles. The van der Waals surface area contributed by atoms with Gasteiger partial charge in [0.25, 0.3) is 0 Å². The summed E-state index contributed by atoms with van der Waals surface area (Å²) >= 11 is 0. The Morgan fingerprint density at radius 3 is 2.32 bits per heavy atom. The zero-order valence-electron chi connectivity index (χ0n) is 28.9. The summed E-state index contributed by atoms with van der Waals surface area (Å²) in [7, 11) is -3.26. The number of carbonyl (C=O) groups is 1. The van der Waals surface area contributed by atoms with E-state index in [0.29, 0.717) is 26.2 Å². The number of fused-ring (bicyclic) bond motifs is 1. The average molecular weight is 658 g/mol. The topological polar surface area (TPSA) is 98.4 Å². The number of rotatable bonds is 13. The Kier molecular flexibility index (Phi) is 10.9. The van der Waals surface area contributed by atoms with E-state index in [0.717, 1.165) is 54.5 Å². The molecule has 3 heterocycles. The van der Waals surface area contributed by atoms with Gasteiger partial charge in [0, 0.05) is 56.0 Å². The number of carbonyl (C=O) groups excluding carboxylic acids is 1. The molecule has 8 nitrogen and oxygen atoms in total. The Balaban J connectivity index is 1.38. The highest BCUT2D eigenvalue weighted by Gasteiger charge is 2.37. The number of pyridine rings is 1. The molecule has 1 amide bonds. The molecule has 4 aromatic rings. The maximum atomic E-state index is 14.0. The number of hydrogen-bond acceptors (Lipinski definition) is 5. The first-order chi connectivity index (χ1) is 22.4. The van der Waals surface area contributed by atoms with Gasteiger partial charge < -0.3 is 15.2 Å². The molecule has 1 aliphatic heterocycles. The third-order valence-corrected chi connectivity index (χ3v) is 11.5. The van der Waals surface area contributed by atoms with Crippen LogP contribution in [0.3, 0.4) is 0 Å². The Morgan fingerprint density at radius 1 is 0.979 bits per heavy atom. The molecule has 252 valence electrons. The van der Waals surface area contributed by atoms with Gasteiger partial charge in [-0.2, -0.15) is 4.31 Å². The first-order valence-electron chi connectivity index (χ1n) is 17.0. The van der Waals surface area contributed by atoms with Crippen molar-refractivity contribution in [3.8, 4) is 11.3 Å². The second-order valence-corrected chi connectivity index (χ2v) is 15.9. The number of sulfonamides is 1. The van der Waals surface area contributed by atoms with Crippen LogP contribution in [0.25, 0.3) is 22.2 Å². The lowest BCUT2D eigenvalue weighted by Gasteiger charge is -2.38. The van der Waals surface area contributed by atoms with Crippen LogP contribution in [0.2, 0.25) is 0 Å². The Labute approximate surface area is 281 Å². The van der Waals surface area contributed by atoms with E-state index in [-0.39, 0.29) is 17.6 Å². The highest BCUT2D eigenvalue weighted by atomic mass is 32.2. The van der Waals surface area contributed by atoms with E-state index in [1.54, 1.807) is 6.92 Å². The lowest BCUT2D eigenvalue weighted by Crippen LogP contribution is -2.54. The van der Waals surface area contributed by atoms with Crippen LogP contribution >= 0.6 is 0 Å². The van der Waals surface area contributed by atoms with Crippen LogP contribution in [0.1, 0.15) is 74.3 Å². The molecule has 2 N–H and O–H groups in total. The predicted molar refractivity (Wildman–Crippen MR) is 192 cm³/mol. The van der Waals surface area contributed by atoms with E-state index in [2.05, 4.69) is 84.6 Å². The van der Waals surface area contributed by atoms with Gasteiger partial charge >= 0.3 is 0 Å². The van der Waals surface area contributed by atoms with Gasteiger partial charge in [0.2, 0.25) is 15.9 Å². The molecular formula is C38H51N5O3S. The van der Waals surface area contributed by atoms with Crippen LogP contribution in [0.4, 0.5) is 0 Å². The van der Waals surface area contributed by atoms with Crippen LogP contribution < -0.4 is 5.32 Å². The summed E-state index contributed by atoms with van der Waals surface area (Å²) in [5.41, 5.74) is 8.60. The lowest BCUT2D eigenvalue weighted by atomic mass is 9.81. The molecule has 0 unspecified atom stereocenters. The van der Waals surface area contributed by atoms with Crippen LogP contribution in [-0.4, -0.2) is 78.5 Å². The van der Waals surface area contributed by atoms with E-state index in [1.165, 1.54) is 32.1 Å². The van der Waals surface area contributed by atoms with Gasteiger partial charge in [0.05, 0.1) is 16.9 Å². The van der Waals surface area contributed by atoms with Crippen molar-refractivity contribution in [1.29, 1.82) is 0 Å². The van der Waals surface area contributed by atoms with Crippen molar-refractivity contribution < 1.29 is 13.2 Å². The van der Waals surface area contributed by atoms with Gasteiger partial charge in [-0.25, -0.2) is 8.42 Å². The minimum atomic E-state index is -3.26. The molecule has 0 spiro atoms. The van der Waals surface area contributed by atoms with Crippen molar-refractivity contribution in [1.82, 2.24) is 24.5 Å². The lowest BCUT2D eigenvalue weighted by molar-refractivity contribution is -0.137. The third-order valence-electron chi connectivity index (χ3n) is 9.65. The highest BCUT2D eigenvalue weighted by molar-refractivity contribution is 7.89. The van der Waals surface area contributed by atoms with Crippen molar-refractivity contribution in [3.63, 3.8) is 0 Å². The van der Waals surface area contributed by atoms with Crippen molar-refractivity contribution >= 4 is 26.8 Å². The van der Waals surface area contributed by atoms with Crippen LogP contribution in [0.5, 0.6) is 0 Å². The largest absolute Gasteiger partial charge is 0.354 e. The number of amides is 1. The number of hydrogen-bond donors (Lipinski definition) is 2. The zero-order chi connectivity index (χ0) is 33.8. The molecule has 0 radical (unpaired) electrons. The fourth-order valence-electron chi connectivity index (χ4n) is 6.88. The quantitative estimate of drug-likeness (QED) is 0.164. The number of aryl methyl sites for hydroxylation is 3. The van der Waals surface area contributed by atoms with E-state index < -0.39 is 15.4 Å². The number of aromatic nitrogens is 2. The summed E-state index contributed by atoms with van der Waals surface area (Å²) in [6.45, 7) is 15.5. The molecule has 1 atom stereocenters. The summed E-state index contributed by atoms with van der Waals surface area (Å²) in [6, 6.07) is 17.2. The van der Waals surface area contributed by atoms with Gasteiger partial charge in [-0.05, 0) is 125 Å². The van der Waals surface area contributed by atoms with Crippen LogP contribution in [0.15, 0.2) is 60.9 Å². The van der Waals surface area contributed by atoms with Gasteiger partial charge in [0.15, 0.2) is 0 Å². The summed E-state index contributed by atoms with van der Waals surface area (Å²) in [6.07, 6.45) is 7.00. The standard InChI is InChI=1S/C38H51N5O3S/c1-7-47(45,46)43-20-18-42(19-21-43)37(44)38(5,6)32-11-12-34-33(25-32)35(36(41-34)31-23-27(2)22-28(3)24-31)29(4)26-40-15-9-8-10-30-13-16-39-17-14-30/h11-14,16-17,22-25,29,40-41H,7-10,15,18-21,26H2,1-6H3/t29-/m1/s1. The van der Waals surface area contributed by atoms with E-state index in [1.807, 2.05) is 31.1 Å². The first kappa shape index (κ1) is 34.8. The molecule has 1 aliphatic rings. The highest BCUT2D eigenvalue weighted by Crippen LogP contribution is 2.39. The fraction of sp³-hybridized carbons (Fsp3) is 0.474. The molecule has 0 saturated carbocycles. The van der Waals surface area contributed by atoms with Crippen molar-refractivity contribution in [2.45, 2.75) is 72.1 Å².